The summed E-state index contributed by atoms with van der Waals surface area (Å²) in [5.74, 6) is -1.64. The molecule has 0 spiro atoms. The van der Waals surface area contributed by atoms with E-state index in [0.29, 0.717) is 35.0 Å². The molecule has 0 amide bonds. The number of halogens is 5. The number of nitrogens with two attached hydrogens (primary N) is 1. The van der Waals surface area contributed by atoms with Crippen LogP contribution >= 0.6 is 22.9 Å². The smallest absolute Gasteiger partial charge is 0.429 e. The number of carbonyl (C=O) groups is 1. The molecule has 3 atom stereocenters. The van der Waals surface area contributed by atoms with Crippen LogP contribution in [0.2, 0.25) is 5.02 Å². The van der Waals surface area contributed by atoms with Gasteiger partial charge in [-0.05, 0) is 72.6 Å². The maximum absolute atomic E-state index is 14.5. The van der Waals surface area contributed by atoms with E-state index in [1.807, 2.05) is 11.5 Å². The van der Waals surface area contributed by atoms with Crippen LogP contribution in [0.5, 0.6) is 5.88 Å². The summed E-state index contributed by atoms with van der Waals surface area (Å²) >= 11 is 7.31. The van der Waals surface area contributed by atoms with Gasteiger partial charge in [0.25, 0.3) is 0 Å². The number of aromatic nitrogens is 2. The first-order valence-corrected chi connectivity index (χ1v) is 14.0. The van der Waals surface area contributed by atoms with Gasteiger partial charge in [0.15, 0.2) is 0 Å². The lowest BCUT2D eigenvalue weighted by Gasteiger charge is -2.24. The van der Waals surface area contributed by atoms with Gasteiger partial charge in [0.1, 0.15) is 22.9 Å². The summed E-state index contributed by atoms with van der Waals surface area (Å²) < 4.78 is 63.0. The van der Waals surface area contributed by atoms with Crippen molar-refractivity contribution in [2.24, 2.45) is 11.7 Å². The Morgan fingerprint density at radius 3 is 2.59 bits per heavy atom. The van der Waals surface area contributed by atoms with Gasteiger partial charge in [-0.2, -0.15) is 13.2 Å². The van der Waals surface area contributed by atoms with E-state index in [-0.39, 0.29) is 27.9 Å². The highest BCUT2D eigenvalue weighted by Crippen LogP contribution is 2.45. The first-order valence-electron chi connectivity index (χ1n) is 12.7. The van der Waals surface area contributed by atoms with Crippen molar-refractivity contribution < 1.29 is 32.2 Å². The monoisotopic (exact) mass is 605 g/mol. The number of nitrogens with zero attached hydrogens (tertiary/aromatic N) is 2. The van der Waals surface area contributed by atoms with Crippen molar-refractivity contribution in [1.82, 2.24) is 9.97 Å². The highest BCUT2D eigenvalue weighted by molar-refractivity contribution is 7.17. The summed E-state index contributed by atoms with van der Waals surface area (Å²) in [6.45, 7) is 0. The van der Waals surface area contributed by atoms with Crippen LogP contribution in [0.4, 0.5) is 17.6 Å². The third kappa shape index (κ3) is 6.37. The van der Waals surface area contributed by atoms with E-state index in [4.69, 9.17) is 27.2 Å². The number of carboxylic acid groups (broad SMARTS) is 1. The summed E-state index contributed by atoms with van der Waals surface area (Å²) in [4.78, 5) is 19.5. The number of carboxylic acids is 1. The zero-order chi connectivity index (χ0) is 29.3. The van der Waals surface area contributed by atoms with Crippen LogP contribution in [-0.4, -0.2) is 33.3 Å². The molecule has 0 bridgehead atoms. The molecule has 0 saturated heterocycles. The summed E-state index contributed by atoms with van der Waals surface area (Å²) in [5.41, 5.74) is 8.22. The second-order valence-electron chi connectivity index (χ2n) is 9.83. The van der Waals surface area contributed by atoms with Crippen LogP contribution in [-0.2, 0) is 4.79 Å². The topological polar surface area (TPSA) is 98.3 Å². The van der Waals surface area contributed by atoms with E-state index in [1.165, 1.54) is 48.0 Å². The molecule has 214 valence electrons. The first kappa shape index (κ1) is 29.0. The predicted octanol–water partition coefficient (Wildman–Crippen LogP) is 7.82. The number of hydrogen-bond donors (Lipinski definition) is 2. The minimum Gasteiger partial charge on any atom is -0.480 e. The fourth-order valence-corrected chi connectivity index (χ4v) is 6.15. The van der Waals surface area contributed by atoms with Crippen molar-refractivity contribution in [3.05, 3.63) is 82.2 Å². The lowest BCUT2D eigenvalue weighted by Crippen LogP contribution is -2.32. The maximum Gasteiger partial charge on any atom is 0.429 e. The number of rotatable bonds is 8. The molecule has 5 rings (SSSR count). The molecule has 1 aliphatic carbocycles. The second-order valence-corrected chi connectivity index (χ2v) is 11.2. The van der Waals surface area contributed by atoms with Crippen LogP contribution < -0.4 is 10.5 Å². The molecule has 6 nitrogen and oxygen atoms in total. The number of aliphatic carboxylic acids is 1. The van der Waals surface area contributed by atoms with Gasteiger partial charge >= 0.3 is 12.1 Å². The van der Waals surface area contributed by atoms with Gasteiger partial charge in [0.05, 0.1) is 5.52 Å². The average molecular weight is 606 g/mol. The molecule has 0 radical (unpaired) electrons. The normalized spacial score (nSPS) is 17.2. The van der Waals surface area contributed by atoms with Crippen LogP contribution in [0.1, 0.15) is 42.9 Å². The highest BCUT2D eigenvalue weighted by atomic mass is 35.5. The maximum atomic E-state index is 14.5. The number of benzene rings is 2. The minimum absolute atomic E-state index is 0.130. The predicted molar refractivity (Wildman–Crippen MR) is 149 cm³/mol. The standard InChI is InChI=1S/C29H24ClF4N3O3S/c30-18-7-10-20(21(12-18)16-5-8-19(31)9-6-16)26(29(32,33)34)40-27-25-24(36-14-37-27)22(13-41-25)17-3-1-15(2-4-17)11-23(35)28(38)39/h3,5-10,12-15,23,26H,1-2,4,11,35H2,(H,38,39)/t15?,23-,26?/m0/s1. The van der Waals surface area contributed by atoms with Crippen molar-refractivity contribution in [1.29, 1.82) is 0 Å². The fraction of sp³-hybridized carbons (Fsp3) is 0.276. The molecule has 12 heteroatoms. The van der Waals surface area contributed by atoms with E-state index in [2.05, 4.69) is 9.97 Å². The zero-order valence-corrected chi connectivity index (χ0v) is 22.9. The van der Waals surface area contributed by atoms with Crippen molar-refractivity contribution in [3.63, 3.8) is 0 Å². The molecule has 2 aromatic carbocycles. The Labute approximate surface area is 241 Å². The molecule has 1 aliphatic rings. The highest BCUT2D eigenvalue weighted by Gasteiger charge is 2.45. The van der Waals surface area contributed by atoms with E-state index in [9.17, 15) is 22.4 Å². The molecule has 2 aromatic heterocycles. The lowest BCUT2D eigenvalue weighted by molar-refractivity contribution is -0.198. The number of fused-ring (bicyclic) bond motifs is 1. The molecule has 0 fully saturated rings. The van der Waals surface area contributed by atoms with Crippen LogP contribution in [0.3, 0.4) is 0 Å². The Morgan fingerprint density at radius 1 is 1.17 bits per heavy atom. The van der Waals surface area contributed by atoms with Gasteiger partial charge in [-0.25, -0.2) is 14.4 Å². The first-order chi connectivity index (χ1) is 19.5. The largest absolute Gasteiger partial charge is 0.480 e. The van der Waals surface area contributed by atoms with Crippen LogP contribution in [0, 0.1) is 11.7 Å². The molecular formula is C29H24ClF4N3O3S. The third-order valence-corrected chi connectivity index (χ3v) is 8.26. The van der Waals surface area contributed by atoms with Crippen LogP contribution in [0.15, 0.2) is 60.2 Å². The van der Waals surface area contributed by atoms with Crippen LogP contribution in [0.25, 0.3) is 26.9 Å². The molecule has 2 unspecified atom stereocenters. The van der Waals surface area contributed by atoms with Crippen molar-refractivity contribution in [2.75, 3.05) is 0 Å². The fourth-order valence-electron chi connectivity index (χ4n) is 5.00. The molecule has 0 saturated carbocycles. The van der Waals surface area contributed by atoms with E-state index >= 15 is 0 Å². The molecule has 41 heavy (non-hydrogen) atoms. The number of allylic oxidation sites excluding steroid dienone is 2. The van der Waals surface area contributed by atoms with Crippen molar-refractivity contribution in [2.45, 2.75) is 44.0 Å². The third-order valence-electron chi connectivity index (χ3n) is 7.07. The molecule has 0 aliphatic heterocycles. The van der Waals surface area contributed by atoms with E-state index in [0.717, 1.165) is 29.7 Å². The number of ether oxygens (including phenoxy) is 1. The van der Waals surface area contributed by atoms with Gasteiger partial charge < -0.3 is 15.6 Å². The van der Waals surface area contributed by atoms with E-state index < -0.39 is 30.1 Å². The Morgan fingerprint density at radius 2 is 1.93 bits per heavy atom. The molecular weight excluding hydrogens is 582 g/mol. The molecule has 3 N–H and O–H groups in total. The summed E-state index contributed by atoms with van der Waals surface area (Å²) in [5, 5.41) is 11.1. The number of alkyl halides is 3. The molecule has 2 heterocycles. The summed E-state index contributed by atoms with van der Waals surface area (Å²) in [7, 11) is 0. The second kappa shape index (κ2) is 11.8. The van der Waals surface area contributed by atoms with Crippen molar-refractivity contribution in [3.8, 4) is 17.0 Å². The quantitative estimate of drug-likeness (QED) is 0.199. The average Bonchev–Trinajstić information content (AvgIpc) is 3.37. The van der Waals surface area contributed by atoms with Gasteiger partial charge in [-0.15, -0.1) is 11.3 Å². The Hall–Kier alpha value is -3.54. The van der Waals surface area contributed by atoms with Gasteiger partial charge in [-0.3, -0.25) is 4.79 Å². The Bertz CT molecular complexity index is 1610. The SMILES string of the molecule is N[C@@H](CC1CC=C(c2csc3c(OC(c4ccc(Cl)cc4-c4ccc(F)cc4)C(F)(F)F)ncnc23)CC1)C(=O)O. The lowest BCUT2D eigenvalue weighted by atomic mass is 9.83. The van der Waals surface area contributed by atoms with Gasteiger partial charge in [-0.1, -0.05) is 35.9 Å². The number of thiophene rings is 1. The minimum atomic E-state index is -4.82. The van der Waals surface area contributed by atoms with Gasteiger partial charge in [0.2, 0.25) is 12.0 Å². The Balaban J connectivity index is 1.47. The van der Waals surface area contributed by atoms with Gasteiger partial charge in [0, 0.05) is 21.5 Å². The summed E-state index contributed by atoms with van der Waals surface area (Å²) in [6.07, 6.45) is -1.64. The Kier molecular flexibility index (Phi) is 8.30. The molecule has 4 aromatic rings. The number of hydrogen-bond acceptors (Lipinski definition) is 6. The zero-order valence-electron chi connectivity index (χ0n) is 21.4. The van der Waals surface area contributed by atoms with E-state index in [1.54, 1.807) is 0 Å². The van der Waals surface area contributed by atoms with Crippen molar-refractivity contribution >= 4 is 44.7 Å². The summed E-state index contributed by atoms with van der Waals surface area (Å²) in [6, 6.07) is 8.13.